The zero-order valence-corrected chi connectivity index (χ0v) is 24.6. The molecule has 2 amide bonds. The topological polar surface area (TPSA) is 112 Å². The summed E-state index contributed by atoms with van der Waals surface area (Å²) in [5.74, 6) is -3.36. The molecule has 10 nitrogen and oxygen atoms in total. The van der Waals surface area contributed by atoms with Crippen molar-refractivity contribution in [3.05, 3.63) is 82.6 Å². The Labute approximate surface area is 251 Å². The van der Waals surface area contributed by atoms with E-state index in [-0.39, 0.29) is 59.4 Å². The van der Waals surface area contributed by atoms with Crippen LogP contribution in [0, 0.1) is 18.6 Å². The number of halogens is 2. The van der Waals surface area contributed by atoms with E-state index < -0.39 is 40.6 Å². The summed E-state index contributed by atoms with van der Waals surface area (Å²) in [4.78, 5) is 53.8. The van der Waals surface area contributed by atoms with Crippen LogP contribution in [0.2, 0.25) is 0 Å². The number of aromatic nitrogens is 3. The number of carbonyl (C=O) groups is 2. The molecule has 226 valence electrons. The second-order valence-corrected chi connectivity index (χ2v) is 11.3. The lowest BCUT2D eigenvalue weighted by atomic mass is 9.98. The van der Waals surface area contributed by atoms with Crippen molar-refractivity contribution in [2.24, 2.45) is 0 Å². The molecule has 1 saturated heterocycles. The number of benzene rings is 2. The lowest BCUT2D eigenvalue weighted by Gasteiger charge is -2.40. The number of amides is 2. The van der Waals surface area contributed by atoms with E-state index in [9.17, 15) is 19.5 Å². The summed E-state index contributed by atoms with van der Waals surface area (Å²) in [7, 11) is 1.39. The molecule has 12 heteroatoms. The maximum absolute atomic E-state index is 16.8. The Morgan fingerprint density at radius 2 is 1.91 bits per heavy atom. The molecule has 6 rings (SSSR count). The maximum Gasteiger partial charge on any atom is 0.354 e. The number of piperazine rings is 1. The third kappa shape index (κ3) is 4.23. The highest BCUT2D eigenvalue weighted by Crippen LogP contribution is 2.46. The van der Waals surface area contributed by atoms with Gasteiger partial charge in [0.05, 0.1) is 40.1 Å². The number of anilines is 2. The first kappa shape index (κ1) is 29.0. The van der Waals surface area contributed by atoms with Crippen LogP contribution in [0.15, 0.2) is 54.0 Å². The number of pyridine rings is 1. The van der Waals surface area contributed by atoms with E-state index in [0.29, 0.717) is 16.9 Å². The van der Waals surface area contributed by atoms with Crippen LogP contribution in [0.4, 0.5) is 20.3 Å². The Bertz CT molecular complexity index is 1940. The van der Waals surface area contributed by atoms with Crippen molar-refractivity contribution in [1.29, 1.82) is 0 Å². The summed E-state index contributed by atoms with van der Waals surface area (Å²) in [5.41, 5.74) is 0.148. The van der Waals surface area contributed by atoms with Gasteiger partial charge in [-0.25, -0.2) is 13.6 Å². The Kier molecular flexibility index (Phi) is 6.94. The molecule has 2 aromatic carbocycles. The van der Waals surface area contributed by atoms with Crippen LogP contribution in [-0.2, 0) is 9.59 Å². The number of aromatic hydroxyl groups is 1. The molecule has 2 aromatic heterocycles. The van der Waals surface area contributed by atoms with Crippen LogP contribution in [0.3, 0.4) is 0 Å². The largest absolute Gasteiger partial charge is 0.507 e. The van der Waals surface area contributed by atoms with Crippen molar-refractivity contribution in [2.45, 2.75) is 32.7 Å². The van der Waals surface area contributed by atoms with E-state index in [1.165, 1.54) is 34.7 Å². The van der Waals surface area contributed by atoms with Gasteiger partial charge in [0.25, 0.3) is 5.91 Å². The maximum atomic E-state index is 16.8. The van der Waals surface area contributed by atoms with Crippen LogP contribution in [0.1, 0.15) is 31.0 Å². The van der Waals surface area contributed by atoms with Crippen LogP contribution < -0.4 is 15.5 Å². The number of rotatable bonds is 4. The number of carbonyl (C=O) groups excluding carboxylic acids is 2. The average Bonchev–Trinajstić information content (AvgIpc) is 3.08. The second-order valence-electron chi connectivity index (χ2n) is 11.3. The van der Waals surface area contributed by atoms with Gasteiger partial charge < -0.3 is 19.8 Å². The predicted molar refractivity (Wildman–Crippen MR) is 162 cm³/mol. The summed E-state index contributed by atoms with van der Waals surface area (Å²) in [6.07, 6.45) is 2.79. The molecular weight excluding hydrogens is 570 g/mol. The zero-order chi connectivity index (χ0) is 31.6. The van der Waals surface area contributed by atoms with Crippen molar-refractivity contribution in [1.82, 2.24) is 19.4 Å². The average molecular weight is 601 g/mol. The molecule has 1 N–H and O–H groups in total. The molecule has 0 aliphatic carbocycles. The number of likely N-dealkylation sites (N-methyl/N-ethyl adjacent to an activating group) is 1. The predicted octanol–water partition coefficient (Wildman–Crippen LogP) is 4.04. The molecule has 4 heterocycles. The van der Waals surface area contributed by atoms with Crippen LogP contribution in [0.25, 0.3) is 27.7 Å². The van der Waals surface area contributed by atoms with E-state index >= 15 is 8.78 Å². The molecule has 2 aliphatic rings. The number of hydrogen-bond acceptors (Lipinski definition) is 7. The molecule has 1 fully saturated rings. The fourth-order valence-electron chi connectivity index (χ4n) is 6.22. The highest BCUT2D eigenvalue weighted by molar-refractivity contribution is 6.14. The van der Waals surface area contributed by atoms with Gasteiger partial charge in [-0.1, -0.05) is 26.5 Å². The van der Waals surface area contributed by atoms with E-state index in [1.54, 1.807) is 17.2 Å². The minimum atomic E-state index is -0.993. The summed E-state index contributed by atoms with van der Waals surface area (Å²) < 4.78 is 33.4. The van der Waals surface area contributed by atoms with Gasteiger partial charge in [-0.3, -0.25) is 19.1 Å². The molecule has 4 aromatic rings. The Balaban J connectivity index is 1.78. The summed E-state index contributed by atoms with van der Waals surface area (Å²) in [6, 6.07) is 5.66. The molecule has 1 atom stereocenters. The minimum absolute atomic E-state index is 0.0456. The first-order chi connectivity index (χ1) is 21.0. The summed E-state index contributed by atoms with van der Waals surface area (Å²) in [6.45, 7) is 9.48. The highest BCUT2D eigenvalue weighted by atomic mass is 19.1. The smallest absolute Gasteiger partial charge is 0.354 e. The minimum Gasteiger partial charge on any atom is -0.507 e. The molecule has 0 bridgehead atoms. The van der Waals surface area contributed by atoms with E-state index in [2.05, 4.69) is 16.5 Å². The summed E-state index contributed by atoms with van der Waals surface area (Å²) >= 11 is 0. The second kappa shape index (κ2) is 10.5. The molecule has 0 radical (unpaired) electrons. The SMILES string of the molecule is C=CC(=O)N1CCN2c3nc(=O)n(-c4c(C)ccnc4C(C)C)c4cc(-c5c(O)cccc5F)c(F)c(c34)N(C)C(=O)C2C1. The lowest BCUT2D eigenvalue weighted by molar-refractivity contribution is -0.128. The quantitative estimate of drug-likeness (QED) is 0.352. The number of aryl methyl sites for hydroxylation is 1. The van der Waals surface area contributed by atoms with Gasteiger partial charge in [-0.2, -0.15) is 4.98 Å². The molecule has 0 spiro atoms. The van der Waals surface area contributed by atoms with Crippen LogP contribution >= 0.6 is 0 Å². The Morgan fingerprint density at radius 3 is 2.59 bits per heavy atom. The van der Waals surface area contributed by atoms with Gasteiger partial charge in [0.2, 0.25) is 5.91 Å². The van der Waals surface area contributed by atoms with Crippen molar-refractivity contribution in [3.8, 4) is 22.6 Å². The van der Waals surface area contributed by atoms with Crippen molar-refractivity contribution in [2.75, 3.05) is 36.5 Å². The van der Waals surface area contributed by atoms with Gasteiger partial charge >= 0.3 is 5.69 Å². The van der Waals surface area contributed by atoms with Crippen molar-refractivity contribution < 1.29 is 23.5 Å². The fraction of sp³-hybridized carbons (Fsp3) is 0.281. The number of phenols is 1. The first-order valence-corrected chi connectivity index (χ1v) is 14.1. The third-order valence-corrected chi connectivity index (χ3v) is 8.35. The monoisotopic (exact) mass is 600 g/mol. The van der Waals surface area contributed by atoms with Gasteiger partial charge in [-0.15, -0.1) is 0 Å². The number of fused-ring (bicyclic) bond motifs is 2. The van der Waals surface area contributed by atoms with Crippen molar-refractivity contribution in [3.63, 3.8) is 0 Å². The Morgan fingerprint density at radius 1 is 1.16 bits per heavy atom. The van der Waals surface area contributed by atoms with E-state index in [4.69, 9.17) is 0 Å². The molecule has 0 saturated carbocycles. The molecular formula is C32H30F2N6O4. The lowest BCUT2D eigenvalue weighted by Crippen LogP contribution is -2.60. The number of phenolic OH excluding ortho intramolecular Hbond substituents is 1. The van der Waals surface area contributed by atoms with E-state index in [1.807, 2.05) is 20.8 Å². The molecule has 1 unspecified atom stereocenters. The zero-order valence-electron chi connectivity index (χ0n) is 24.6. The molecule has 2 aliphatic heterocycles. The van der Waals surface area contributed by atoms with Gasteiger partial charge in [0, 0.05) is 31.9 Å². The van der Waals surface area contributed by atoms with Crippen LogP contribution in [0.5, 0.6) is 5.75 Å². The van der Waals surface area contributed by atoms with Crippen LogP contribution in [-0.4, -0.2) is 69.1 Å². The Hall–Kier alpha value is -5.13. The number of hydrogen-bond donors (Lipinski definition) is 1. The number of nitrogens with zero attached hydrogens (tertiary/aromatic N) is 6. The molecule has 44 heavy (non-hydrogen) atoms. The third-order valence-electron chi connectivity index (χ3n) is 8.35. The van der Waals surface area contributed by atoms with Gasteiger partial charge in [0.1, 0.15) is 23.4 Å². The fourth-order valence-corrected chi connectivity index (χ4v) is 6.22. The van der Waals surface area contributed by atoms with E-state index in [0.717, 1.165) is 17.0 Å². The first-order valence-electron chi connectivity index (χ1n) is 14.1. The van der Waals surface area contributed by atoms with Gasteiger partial charge in [-0.05, 0) is 48.7 Å². The highest BCUT2D eigenvalue weighted by Gasteiger charge is 2.42. The van der Waals surface area contributed by atoms with Gasteiger partial charge in [0.15, 0.2) is 5.82 Å². The van der Waals surface area contributed by atoms with Crippen molar-refractivity contribution >= 4 is 34.2 Å². The standard InChI is InChI=1S/C32H30F2N6O4/c1-6-23(42)38-12-13-39-21(15-38)31(43)37(5)29-25-20(14-18(26(29)34)24-19(33)8-7-9-22(24)41)40(32(44)36-30(25)39)28-17(4)10-11-35-27(28)16(2)3/h6-11,14,16,21,41H,1,12-13,15H2,2-5H3. The summed E-state index contributed by atoms with van der Waals surface area (Å²) in [5, 5.41) is 10.8. The normalized spacial score (nSPS) is 16.4.